The number of aromatic nitrogens is 1. The van der Waals surface area contributed by atoms with Gasteiger partial charge in [0.05, 0.1) is 12.1 Å². The maximum Gasteiger partial charge on any atom is 0.308 e. The van der Waals surface area contributed by atoms with Crippen molar-refractivity contribution in [2.45, 2.75) is 13.3 Å². The van der Waals surface area contributed by atoms with Crippen molar-refractivity contribution in [2.24, 2.45) is 0 Å². The van der Waals surface area contributed by atoms with Crippen molar-refractivity contribution in [1.82, 2.24) is 4.98 Å². The smallest absolute Gasteiger partial charge is 0.308 e. The van der Waals surface area contributed by atoms with E-state index < -0.39 is 5.97 Å². The average Bonchev–Trinajstić information content (AvgIpc) is 2.94. The Kier molecular flexibility index (Phi) is 4.21. The summed E-state index contributed by atoms with van der Waals surface area (Å²) >= 11 is 1.36. The SMILES string of the molecule is Cc1cc(-c2nc(-c3ccccc3)sc2CC(=O)O)ccc1F. The van der Waals surface area contributed by atoms with E-state index >= 15 is 0 Å². The topological polar surface area (TPSA) is 50.2 Å². The molecule has 3 nitrogen and oxygen atoms in total. The van der Waals surface area contributed by atoms with Gasteiger partial charge < -0.3 is 5.11 Å². The van der Waals surface area contributed by atoms with Crippen LogP contribution >= 0.6 is 11.3 Å². The van der Waals surface area contributed by atoms with Gasteiger partial charge in [-0.25, -0.2) is 9.37 Å². The summed E-state index contributed by atoms with van der Waals surface area (Å²) in [4.78, 5) is 16.4. The number of carboxylic acids is 1. The summed E-state index contributed by atoms with van der Waals surface area (Å²) in [5.74, 6) is -1.19. The molecule has 0 aliphatic rings. The monoisotopic (exact) mass is 327 g/mol. The lowest BCUT2D eigenvalue weighted by Crippen LogP contribution is -1.99. The minimum Gasteiger partial charge on any atom is -0.481 e. The van der Waals surface area contributed by atoms with Crippen LogP contribution in [0.15, 0.2) is 48.5 Å². The highest BCUT2D eigenvalue weighted by atomic mass is 32.1. The lowest BCUT2D eigenvalue weighted by molar-refractivity contribution is -0.136. The van der Waals surface area contributed by atoms with Gasteiger partial charge in [0.25, 0.3) is 0 Å². The van der Waals surface area contributed by atoms with E-state index in [1.165, 1.54) is 17.4 Å². The van der Waals surface area contributed by atoms with Gasteiger partial charge in [-0.1, -0.05) is 30.3 Å². The third-order valence-electron chi connectivity index (χ3n) is 3.46. The second kappa shape index (κ2) is 6.30. The van der Waals surface area contributed by atoms with Crippen LogP contribution in [-0.2, 0) is 11.2 Å². The Balaban J connectivity index is 2.12. The fourth-order valence-corrected chi connectivity index (χ4v) is 3.41. The van der Waals surface area contributed by atoms with E-state index in [9.17, 15) is 9.18 Å². The molecule has 116 valence electrons. The molecule has 0 aliphatic carbocycles. The van der Waals surface area contributed by atoms with Crippen molar-refractivity contribution in [2.75, 3.05) is 0 Å². The zero-order valence-electron chi connectivity index (χ0n) is 12.4. The highest BCUT2D eigenvalue weighted by molar-refractivity contribution is 7.15. The van der Waals surface area contributed by atoms with Crippen LogP contribution in [-0.4, -0.2) is 16.1 Å². The quantitative estimate of drug-likeness (QED) is 0.764. The minimum atomic E-state index is -0.909. The molecule has 0 bridgehead atoms. The molecule has 3 aromatic rings. The second-order valence-corrected chi connectivity index (χ2v) is 6.27. The molecule has 1 heterocycles. The van der Waals surface area contributed by atoms with Crippen molar-refractivity contribution in [1.29, 1.82) is 0 Å². The van der Waals surface area contributed by atoms with Crippen molar-refractivity contribution >= 4 is 17.3 Å². The number of benzene rings is 2. The van der Waals surface area contributed by atoms with Crippen LogP contribution in [0.1, 0.15) is 10.4 Å². The van der Waals surface area contributed by atoms with Gasteiger partial charge in [-0.3, -0.25) is 4.79 Å². The minimum absolute atomic E-state index is 0.101. The fraction of sp³-hybridized carbons (Fsp3) is 0.111. The summed E-state index contributed by atoms with van der Waals surface area (Å²) in [6, 6.07) is 14.3. The van der Waals surface area contributed by atoms with Crippen molar-refractivity contribution in [3.63, 3.8) is 0 Å². The van der Waals surface area contributed by atoms with Crippen molar-refractivity contribution in [3.8, 4) is 21.8 Å². The zero-order chi connectivity index (χ0) is 16.4. The first-order valence-corrected chi connectivity index (χ1v) is 7.89. The Hall–Kier alpha value is -2.53. The van der Waals surface area contributed by atoms with Gasteiger partial charge in [0.1, 0.15) is 10.8 Å². The normalized spacial score (nSPS) is 10.7. The van der Waals surface area contributed by atoms with Crippen LogP contribution < -0.4 is 0 Å². The Morgan fingerprint density at radius 1 is 1.17 bits per heavy atom. The molecule has 23 heavy (non-hydrogen) atoms. The molecule has 0 saturated heterocycles. The molecule has 3 rings (SSSR count). The van der Waals surface area contributed by atoms with Crippen LogP contribution in [0.25, 0.3) is 21.8 Å². The van der Waals surface area contributed by atoms with E-state index in [-0.39, 0.29) is 12.2 Å². The average molecular weight is 327 g/mol. The van der Waals surface area contributed by atoms with Gasteiger partial charge in [0.2, 0.25) is 0 Å². The van der Waals surface area contributed by atoms with E-state index in [0.717, 1.165) is 16.1 Å². The number of aliphatic carboxylic acids is 1. The highest BCUT2D eigenvalue weighted by Crippen LogP contribution is 2.34. The molecule has 0 radical (unpaired) electrons. The van der Waals surface area contributed by atoms with Crippen molar-refractivity contribution in [3.05, 3.63) is 64.8 Å². The van der Waals surface area contributed by atoms with Crippen LogP contribution in [0.5, 0.6) is 0 Å². The van der Waals surface area contributed by atoms with Crippen LogP contribution in [0.2, 0.25) is 0 Å². The lowest BCUT2D eigenvalue weighted by Gasteiger charge is -2.03. The highest BCUT2D eigenvalue weighted by Gasteiger charge is 2.17. The van der Waals surface area contributed by atoms with Crippen LogP contribution in [0.4, 0.5) is 4.39 Å². The first kappa shape index (κ1) is 15.4. The molecular weight excluding hydrogens is 313 g/mol. The molecular formula is C18H14FNO2S. The van der Waals surface area contributed by atoms with Gasteiger partial charge in [0.15, 0.2) is 0 Å². The zero-order valence-corrected chi connectivity index (χ0v) is 13.2. The van der Waals surface area contributed by atoms with Gasteiger partial charge >= 0.3 is 5.97 Å². The van der Waals surface area contributed by atoms with E-state index in [0.29, 0.717) is 16.1 Å². The number of carboxylic acid groups (broad SMARTS) is 1. The molecule has 0 amide bonds. The summed E-state index contributed by atoms with van der Waals surface area (Å²) in [6.45, 7) is 1.68. The van der Waals surface area contributed by atoms with Crippen LogP contribution in [0, 0.1) is 12.7 Å². The standard InChI is InChI=1S/C18H14FNO2S/c1-11-9-13(7-8-14(11)19)17-15(10-16(21)22)23-18(20-17)12-5-3-2-4-6-12/h2-9H,10H2,1H3,(H,21,22). The van der Waals surface area contributed by atoms with Gasteiger partial charge in [-0.15, -0.1) is 11.3 Å². The summed E-state index contributed by atoms with van der Waals surface area (Å²) in [5.41, 5.74) is 2.80. The Morgan fingerprint density at radius 2 is 1.91 bits per heavy atom. The summed E-state index contributed by atoms with van der Waals surface area (Å²) in [6.07, 6.45) is -0.101. The molecule has 0 spiro atoms. The van der Waals surface area contributed by atoms with E-state index in [2.05, 4.69) is 4.98 Å². The summed E-state index contributed by atoms with van der Waals surface area (Å²) < 4.78 is 13.5. The number of hydrogen-bond acceptors (Lipinski definition) is 3. The molecule has 1 N–H and O–H groups in total. The predicted octanol–water partition coefficient (Wildman–Crippen LogP) is 4.55. The third-order valence-corrected chi connectivity index (χ3v) is 4.57. The van der Waals surface area contributed by atoms with E-state index in [1.54, 1.807) is 19.1 Å². The molecule has 2 aromatic carbocycles. The maximum absolute atomic E-state index is 13.5. The Morgan fingerprint density at radius 3 is 2.57 bits per heavy atom. The first-order chi connectivity index (χ1) is 11.0. The van der Waals surface area contributed by atoms with Crippen molar-refractivity contribution < 1.29 is 14.3 Å². The number of nitrogens with zero attached hydrogens (tertiary/aromatic N) is 1. The number of carbonyl (C=O) groups is 1. The number of aryl methyl sites for hydroxylation is 1. The first-order valence-electron chi connectivity index (χ1n) is 7.08. The summed E-state index contributed by atoms with van der Waals surface area (Å²) in [5, 5.41) is 9.90. The van der Waals surface area contributed by atoms with Gasteiger partial charge in [-0.05, 0) is 30.7 Å². The van der Waals surface area contributed by atoms with E-state index in [4.69, 9.17) is 5.11 Å². The number of rotatable bonds is 4. The van der Waals surface area contributed by atoms with Gasteiger partial charge in [0, 0.05) is 16.0 Å². The molecule has 0 saturated carbocycles. The second-order valence-electron chi connectivity index (χ2n) is 5.19. The van der Waals surface area contributed by atoms with Gasteiger partial charge in [-0.2, -0.15) is 0 Å². The van der Waals surface area contributed by atoms with Crippen LogP contribution in [0.3, 0.4) is 0 Å². The number of hydrogen-bond donors (Lipinski definition) is 1. The summed E-state index contributed by atoms with van der Waals surface area (Å²) in [7, 11) is 0. The molecule has 0 unspecified atom stereocenters. The van der Waals surface area contributed by atoms with E-state index in [1.807, 2.05) is 30.3 Å². The largest absolute Gasteiger partial charge is 0.481 e. The molecule has 0 atom stereocenters. The molecule has 0 aliphatic heterocycles. The molecule has 5 heteroatoms. The third kappa shape index (κ3) is 3.29. The fourth-order valence-electron chi connectivity index (χ4n) is 2.33. The molecule has 0 fully saturated rings. The maximum atomic E-state index is 13.5. The predicted molar refractivity (Wildman–Crippen MR) is 89.0 cm³/mol. The number of halogens is 1. The lowest BCUT2D eigenvalue weighted by atomic mass is 10.1. The number of thiazole rings is 1. The Bertz CT molecular complexity index is 859. The molecule has 1 aromatic heterocycles. The Labute approximate surface area is 137 Å².